The van der Waals surface area contributed by atoms with Gasteiger partial charge in [0.05, 0.1) is 0 Å². The molecule has 0 aromatic heterocycles. The minimum absolute atomic E-state index is 0.324. The lowest BCUT2D eigenvalue weighted by atomic mass is 10.1. The number of carbonyl (C=O) groups excluding carboxylic acids is 1. The molecule has 0 saturated heterocycles. The van der Waals surface area contributed by atoms with Gasteiger partial charge in [0, 0.05) is 5.57 Å². The molecular weight excluding hydrogens is 138 g/mol. The molecule has 1 unspecified atom stereocenters. The van der Waals surface area contributed by atoms with Crippen LogP contribution in [0.15, 0.2) is 23.8 Å². The fourth-order valence-corrected chi connectivity index (χ4v) is 1.10. The molecule has 2 nitrogen and oxygen atoms in total. The summed E-state index contributed by atoms with van der Waals surface area (Å²) in [4.78, 5) is 10.7. The standard InChI is InChI=1S/C9H13NO/c1-7-3-2-4-8(6-5-7)9(10)11/h2,4,6-7H,3,5H2,1H3,(H2,10,11). The van der Waals surface area contributed by atoms with E-state index in [1.165, 1.54) is 0 Å². The lowest BCUT2D eigenvalue weighted by Gasteiger charge is -2.00. The predicted molar refractivity (Wildman–Crippen MR) is 44.8 cm³/mol. The van der Waals surface area contributed by atoms with Gasteiger partial charge in [0.15, 0.2) is 0 Å². The van der Waals surface area contributed by atoms with Crippen molar-refractivity contribution in [1.82, 2.24) is 0 Å². The third-order valence-corrected chi connectivity index (χ3v) is 1.86. The summed E-state index contributed by atoms with van der Waals surface area (Å²) in [5.74, 6) is 0.304. The van der Waals surface area contributed by atoms with E-state index in [1.807, 2.05) is 18.2 Å². The molecule has 1 amide bonds. The highest BCUT2D eigenvalue weighted by Crippen LogP contribution is 2.15. The van der Waals surface area contributed by atoms with Crippen molar-refractivity contribution >= 4 is 5.91 Å². The van der Waals surface area contributed by atoms with Crippen LogP contribution in [0.2, 0.25) is 0 Å². The number of nitrogens with two attached hydrogens (primary N) is 1. The van der Waals surface area contributed by atoms with Crippen molar-refractivity contribution in [2.45, 2.75) is 19.8 Å². The van der Waals surface area contributed by atoms with E-state index in [-0.39, 0.29) is 5.91 Å². The van der Waals surface area contributed by atoms with E-state index in [9.17, 15) is 4.79 Å². The van der Waals surface area contributed by atoms with Gasteiger partial charge in [-0.3, -0.25) is 4.79 Å². The third kappa shape index (κ3) is 2.22. The summed E-state index contributed by atoms with van der Waals surface area (Å²) < 4.78 is 0. The molecular formula is C9H13NO. The molecule has 1 rings (SSSR count). The molecule has 0 saturated carbocycles. The van der Waals surface area contributed by atoms with E-state index in [0.29, 0.717) is 11.5 Å². The molecule has 0 aromatic carbocycles. The third-order valence-electron chi connectivity index (χ3n) is 1.86. The van der Waals surface area contributed by atoms with Crippen molar-refractivity contribution < 1.29 is 4.79 Å². The Hall–Kier alpha value is -1.05. The maximum Gasteiger partial charge on any atom is 0.248 e. The molecule has 11 heavy (non-hydrogen) atoms. The summed E-state index contributed by atoms with van der Waals surface area (Å²) in [5.41, 5.74) is 5.77. The van der Waals surface area contributed by atoms with Gasteiger partial charge in [-0.15, -0.1) is 0 Å². The summed E-state index contributed by atoms with van der Waals surface area (Å²) in [5, 5.41) is 0. The van der Waals surface area contributed by atoms with Gasteiger partial charge in [-0.2, -0.15) is 0 Å². The molecule has 0 bridgehead atoms. The molecule has 2 N–H and O–H groups in total. The van der Waals surface area contributed by atoms with Crippen molar-refractivity contribution in [2.24, 2.45) is 11.7 Å². The molecule has 1 atom stereocenters. The van der Waals surface area contributed by atoms with Crippen LogP contribution in [0.4, 0.5) is 0 Å². The minimum atomic E-state index is -0.324. The molecule has 0 aliphatic heterocycles. The van der Waals surface area contributed by atoms with Crippen molar-refractivity contribution in [3.05, 3.63) is 23.8 Å². The highest BCUT2D eigenvalue weighted by atomic mass is 16.1. The van der Waals surface area contributed by atoms with E-state index >= 15 is 0 Å². The molecule has 1 aliphatic rings. The number of hydrogen-bond donors (Lipinski definition) is 1. The first-order valence-corrected chi connectivity index (χ1v) is 3.86. The normalized spacial score (nSPS) is 24.1. The zero-order valence-electron chi connectivity index (χ0n) is 6.71. The first-order chi connectivity index (χ1) is 5.20. The summed E-state index contributed by atoms with van der Waals surface area (Å²) in [7, 11) is 0. The van der Waals surface area contributed by atoms with Crippen LogP contribution < -0.4 is 5.73 Å². The second-order valence-electron chi connectivity index (χ2n) is 3.00. The number of amides is 1. The highest BCUT2D eigenvalue weighted by Gasteiger charge is 2.06. The maximum atomic E-state index is 10.7. The summed E-state index contributed by atoms with van der Waals surface area (Å²) >= 11 is 0. The second-order valence-corrected chi connectivity index (χ2v) is 3.00. The predicted octanol–water partition coefficient (Wildman–Crippen LogP) is 1.38. The fourth-order valence-electron chi connectivity index (χ4n) is 1.10. The van der Waals surface area contributed by atoms with E-state index in [1.54, 1.807) is 0 Å². The molecule has 0 heterocycles. The monoisotopic (exact) mass is 151 g/mol. The number of primary amides is 1. The van der Waals surface area contributed by atoms with Crippen LogP contribution in [0.1, 0.15) is 19.8 Å². The molecule has 0 fully saturated rings. The Balaban J connectivity index is 2.72. The van der Waals surface area contributed by atoms with Crippen LogP contribution in [-0.2, 0) is 4.79 Å². The van der Waals surface area contributed by atoms with E-state index in [2.05, 4.69) is 6.92 Å². The highest BCUT2D eigenvalue weighted by molar-refractivity contribution is 5.94. The molecule has 0 aromatic rings. The SMILES string of the molecule is CC1CC=CC(C(N)=O)=CC1. The van der Waals surface area contributed by atoms with Crippen molar-refractivity contribution in [2.75, 3.05) is 0 Å². The number of allylic oxidation sites excluding steroid dienone is 2. The first-order valence-electron chi connectivity index (χ1n) is 3.86. The Morgan fingerprint density at radius 1 is 1.64 bits per heavy atom. The van der Waals surface area contributed by atoms with Crippen LogP contribution in [0.3, 0.4) is 0 Å². The Labute approximate surface area is 66.8 Å². The van der Waals surface area contributed by atoms with Gasteiger partial charge in [0.25, 0.3) is 0 Å². The Kier molecular flexibility index (Phi) is 2.47. The smallest absolute Gasteiger partial charge is 0.248 e. The van der Waals surface area contributed by atoms with E-state index < -0.39 is 0 Å². The summed E-state index contributed by atoms with van der Waals surface area (Å²) in [6.07, 6.45) is 7.72. The van der Waals surface area contributed by atoms with Crippen LogP contribution >= 0.6 is 0 Å². The van der Waals surface area contributed by atoms with E-state index in [0.717, 1.165) is 12.8 Å². The van der Waals surface area contributed by atoms with Crippen LogP contribution in [-0.4, -0.2) is 5.91 Å². The summed E-state index contributed by atoms with van der Waals surface area (Å²) in [6.45, 7) is 2.16. The topological polar surface area (TPSA) is 43.1 Å². The lowest BCUT2D eigenvalue weighted by molar-refractivity contribution is -0.114. The average Bonchev–Trinajstić information content (AvgIpc) is 2.13. The molecule has 2 heteroatoms. The number of hydrogen-bond acceptors (Lipinski definition) is 1. The Bertz CT molecular complexity index is 216. The van der Waals surface area contributed by atoms with Crippen LogP contribution in [0, 0.1) is 5.92 Å². The lowest BCUT2D eigenvalue weighted by Crippen LogP contribution is -2.12. The summed E-state index contributed by atoms with van der Waals surface area (Å²) in [6, 6.07) is 0. The van der Waals surface area contributed by atoms with Crippen LogP contribution in [0.25, 0.3) is 0 Å². The van der Waals surface area contributed by atoms with Crippen molar-refractivity contribution in [3.63, 3.8) is 0 Å². The Morgan fingerprint density at radius 2 is 2.36 bits per heavy atom. The molecule has 0 spiro atoms. The van der Waals surface area contributed by atoms with Gasteiger partial charge in [-0.25, -0.2) is 0 Å². The van der Waals surface area contributed by atoms with Gasteiger partial charge in [-0.1, -0.05) is 25.2 Å². The van der Waals surface area contributed by atoms with Gasteiger partial charge in [0.1, 0.15) is 0 Å². The molecule has 1 aliphatic carbocycles. The van der Waals surface area contributed by atoms with Crippen LogP contribution in [0.5, 0.6) is 0 Å². The van der Waals surface area contributed by atoms with Gasteiger partial charge in [-0.05, 0) is 18.8 Å². The van der Waals surface area contributed by atoms with Gasteiger partial charge < -0.3 is 5.73 Å². The molecule has 0 radical (unpaired) electrons. The maximum absolute atomic E-state index is 10.7. The first kappa shape index (κ1) is 8.05. The van der Waals surface area contributed by atoms with Crippen molar-refractivity contribution in [1.29, 1.82) is 0 Å². The fraction of sp³-hybridized carbons (Fsp3) is 0.444. The second kappa shape index (κ2) is 3.37. The number of carbonyl (C=O) groups is 1. The van der Waals surface area contributed by atoms with Gasteiger partial charge in [0.2, 0.25) is 5.91 Å². The van der Waals surface area contributed by atoms with Gasteiger partial charge >= 0.3 is 0 Å². The number of rotatable bonds is 1. The minimum Gasteiger partial charge on any atom is -0.366 e. The van der Waals surface area contributed by atoms with Crippen molar-refractivity contribution in [3.8, 4) is 0 Å². The zero-order chi connectivity index (χ0) is 8.27. The quantitative estimate of drug-likeness (QED) is 0.604. The largest absolute Gasteiger partial charge is 0.366 e. The Morgan fingerprint density at radius 3 is 3.00 bits per heavy atom. The molecule has 60 valence electrons. The zero-order valence-corrected chi connectivity index (χ0v) is 6.71. The van der Waals surface area contributed by atoms with E-state index in [4.69, 9.17) is 5.73 Å². The average molecular weight is 151 g/mol.